The van der Waals surface area contributed by atoms with E-state index in [0.29, 0.717) is 0 Å². The minimum absolute atomic E-state index is 0.00240. The molecule has 346 valence electrons. The number of aromatic nitrogens is 2. The molecule has 1 fully saturated rings. The lowest BCUT2D eigenvalue weighted by atomic mass is 9.77. The Labute approximate surface area is 361 Å². The van der Waals surface area contributed by atoms with E-state index < -0.39 is 97.6 Å². The van der Waals surface area contributed by atoms with Gasteiger partial charge in [-0.1, -0.05) is 5.11 Å². The Balaban J connectivity index is 1.05. The third-order valence-electron chi connectivity index (χ3n) is 9.52. The standard InChI is InChI=1S/C33H31N5O23P4/c1-16-13-38(32(43)36-29(16)39)28-12-26(53-15-35-37-34)27(56-28)14-54-62(44,45)59-64(48,49)61-65(50,51)60-63(46,47)58-19-5-8-22-25(11-19)55-24-10-18(52-2)4-7-21(24)33(22)23-9-17(30(40)41)3-6-20(23)31(42)57-33/h3-11,13,26-28H,12,14-15H2,1-2H3,(H,40,41)(H,44,45)(H,46,47)(H,48,49)(H,50,51)(H,36,39,43)/t26?,27-,28-,33?/m1/s1. The number of nitrogens with one attached hydrogen (secondary N) is 1. The van der Waals surface area contributed by atoms with Crippen LogP contribution < -0.4 is 25.2 Å². The molecule has 1 spiro atoms. The smallest absolute Gasteiger partial charge is 0.497 e. The predicted octanol–water partition coefficient (Wildman–Crippen LogP) is 4.61. The van der Waals surface area contributed by atoms with Crippen molar-refractivity contribution in [2.24, 2.45) is 5.11 Å². The predicted molar refractivity (Wildman–Crippen MR) is 211 cm³/mol. The van der Waals surface area contributed by atoms with Crippen molar-refractivity contribution in [2.75, 3.05) is 20.4 Å². The third kappa shape index (κ3) is 10.0. The van der Waals surface area contributed by atoms with Gasteiger partial charge in [-0.05, 0) is 54.9 Å². The highest BCUT2D eigenvalue weighted by Crippen LogP contribution is 2.71. The minimum atomic E-state index is -6.29. The van der Waals surface area contributed by atoms with Crippen LogP contribution in [0.1, 0.15) is 55.6 Å². The molecule has 1 aromatic heterocycles. The molecule has 32 heteroatoms. The van der Waals surface area contributed by atoms with Gasteiger partial charge in [0.05, 0.1) is 30.9 Å². The maximum Gasteiger partial charge on any atom is 0.536 e. The molecule has 7 rings (SSSR count). The Kier molecular flexibility index (Phi) is 12.9. The highest BCUT2D eigenvalue weighted by Gasteiger charge is 2.54. The number of aromatic carboxylic acids is 1. The van der Waals surface area contributed by atoms with Crippen molar-refractivity contribution >= 4 is 43.2 Å². The third-order valence-corrected chi connectivity index (χ3v) is 15.4. The van der Waals surface area contributed by atoms with Gasteiger partial charge in [0, 0.05) is 51.9 Å². The van der Waals surface area contributed by atoms with E-state index in [4.69, 9.17) is 38.3 Å². The van der Waals surface area contributed by atoms with Crippen molar-refractivity contribution < 1.29 is 98.2 Å². The fraction of sp³-hybridized carbons (Fsp3) is 0.273. The number of phosphoric acid groups is 4. The summed E-state index contributed by atoms with van der Waals surface area (Å²) in [7, 11) is -22.9. The number of azide groups is 1. The quantitative estimate of drug-likeness (QED) is 0.0276. The Morgan fingerprint density at radius 1 is 0.908 bits per heavy atom. The number of carboxylic acid groups (broad SMARTS) is 1. The monoisotopic (exact) mass is 989 g/mol. The fourth-order valence-corrected chi connectivity index (χ4v) is 11.9. The molecule has 0 saturated carbocycles. The number of phosphoric ester groups is 2. The van der Waals surface area contributed by atoms with Crippen molar-refractivity contribution in [3.63, 3.8) is 0 Å². The first-order chi connectivity index (χ1) is 30.4. The number of ether oxygens (including phenoxy) is 5. The summed E-state index contributed by atoms with van der Waals surface area (Å²) >= 11 is 0. The van der Waals surface area contributed by atoms with Gasteiger partial charge < -0.3 is 48.0 Å². The molecule has 6 N–H and O–H groups in total. The summed E-state index contributed by atoms with van der Waals surface area (Å²) in [6.45, 7) is -0.246. The maximum atomic E-state index is 13.2. The fourth-order valence-electron chi connectivity index (χ4n) is 6.91. The van der Waals surface area contributed by atoms with Crippen molar-refractivity contribution in [3.8, 4) is 23.0 Å². The van der Waals surface area contributed by atoms with Crippen molar-refractivity contribution in [3.05, 3.63) is 125 Å². The molecule has 0 bridgehead atoms. The molecule has 4 heterocycles. The molecule has 3 aromatic carbocycles. The lowest BCUT2D eigenvalue weighted by Gasteiger charge is -2.36. The number of methoxy groups -OCH3 is 1. The van der Waals surface area contributed by atoms with E-state index in [0.717, 1.165) is 22.9 Å². The van der Waals surface area contributed by atoms with Gasteiger partial charge in [-0.2, -0.15) is 12.9 Å². The van der Waals surface area contributed by atoms with Crippen LogP contribution in [0.3, 0.4) is 0 Å². The van der Waals surface area contributed by atoms with E-state index in [-0.39, 0.29) is 57.1 Å². The molecule has 3 aliphatic heterocycles. The van der Waals surface area contributed by atoms with E-state index in [1.54, 1.807) is 0 Å². The number of carboxylic acids is 1. The summed E-state index contributed by atoms with van der Waals surface area (Å²) in [5, 5.41) is 12.9. The van der Waals surface area contributed by atoms with E-state index in [9.17, 15) is 62.1 Å². The van der Waals surface area contributed by atoms with Gasteiger partial charge in [0.1, 0.15) is 42.1 Å². The second-order valence-corrected chi connectivity index (χ2v) is 19.8. The number of benzene rings is 3. The molecule has 1 saturated heterocycles. The Morgan fingerprint density at radius 3 is 2.18 bits per heavy atom. The van der Waals surface area contributed by atoms with Crippen LogP contribution in [-0.4, -0.2) is 78.8 Å². The lowest BCUT2D eigenvalue weighted by Crippen LogP contribution is -2.33. The summed E-state index contributed by atoms with van der Waals surface area (Å²) in [6, 6.07) is 11.2. The van der Waals surface area contributed by atoms with Crippen LogP contribution in [0.25, 0.3) is 10.4 Å². The Hall–Kier alpha value is -5.49. The van der Waals surface area contributed by atoms with Gasteiger partial charge in [0.15, 0.2) is 5.60 Å². The second-order valence-electron chi connectivity index (χ2n) is 13.7. The van der Waals surface area contributed by atoms with Gasteiger partial charge in [-0.3, -0.25) is 23.8 Å². The number of carbonyl (C=O) groups is 2. The number of H-pyrrole nitrogens is 1. The first kappa shape index (κ1) is 47.5. The summed E-state index contributed by atoms with van der Waals surface area (Å²) in [6.07, 6.45) is -2.82. The highest BCUT2D eigenvalue weighted by atomic mass is 31.3. The van der Waals surface area contributed by atoms with Crippen molar-refractivity contribution in [2.45, 2.75) is 37.4 Å². The zero-order chi connectivity index (χ0) is 47.3. The summed E-state index contributed by atoms with van der Waals surface area (Å²) in [4.78, 5) is 95.0. The highest BCUT2D eigenvalue weighted by molar-refractivity contribution is 7.69. The largest absolute Gasteiger partial charge is 0.536 e. The second kappa shape index (κ2) is 17.7. The summed E-state index contributed by atoms with van der Waals surface area (Å²) < 4.78 is 102. The van der Waals surface area contributed by atoms with Crippen LogP contribution in [0.15, 0.2) is 75.5 Å². The van der Waals surface area contributed by atoms with Crippen LogP contribution >= 0.6 is 31.3 Å². The first-order valence-corrected chi connectivity index (χ1v) is 23.9. The number of carbonyl (C=O) groups excluding carboxylic acids is 1. The van der Waals surface area contributed by atoms with Crippen LogP contribution in [0.5, 0.6) is 23.0 Å². The molecular formula is C33H31N5O23P4. The molecule has 28 nitrogen and oxygen atoms in total. The topological polar surface area (TPSA) is 399 Å². The van der Waals surface area contributed by atoms with Gasteiger partial charge in [-0.15, -0.1) is 0 Å². The first-order valence-electron chi connectivity index (χ1n) is 18.0. The van der Waals surface area contributed by atoms with Crippen LogP contribution in [-0.2, 0) is 55.5 Å². The molecule has 6 unspecified atom stereocenters. The number of aryl methyl sites for hydroxylation is 1. The number of esters is 1. The normalized spacial score (nSPS) is 23.2. The molecule has 0 radical (unpaired) electrons. The number of hydrogen-bond acceptors (Lipinski definition) is 19. The summed E-state index contributed by atoms with van der Waals surface area (Å²) in [5.41, 5.74) is 5.38. The van der Waals surface area contributed by atoms with Gasteiger partial charge in [0.2, 0.25) is 0 Å². The minimum Gasteiger partial charge on any atom is -0.497 e. The van der Waals surface area contributed by atoms with Gasteiger partial charge >= 0.3 is 48.9 Å². The average Bonchev–Trinajstić information content (AvgIpc) is 3.74. The van der Waals surface area contributed by atoms with Crippen molar-refractivity contribution in [1.29, 1.82) is 0 Å². The van der Waals surface area contributed by atoms with E-state index in [1.807, 2.05) is 0 Å². The molecule has 8 atom stereocenters. The SMILES string of the molecule is COc1ccc2c(c1)Oc1cc(OP(=O)(O)OP(=O)(O)OP(=O)(O)OP(=O)(O)OC[C@H]3O[C@@H](n4cc(C)c(=O)[nH]c4=O)CC3OCN=[N+]=[N-])ccc1C21OC(=O)c2ccc(C(=O)O)cc21. The van der Waals surface area contributed by atoms with Gasteiger partial charge in [0.25, 0.3) is 5.56 Å². The van der Waals surface area contributed by atoms with Gasteiger partial charge in [-0.25, -0.2) is 32.6 Å². The zero-order valence-corrected chi connectivity index (χ0v) is 36.4. The lowest BCUT2D eigenvalue weighted by molar-refractivity contribution is -0.0601. The molecular weight excluding hydrogens is 958 g/mol. The Bertz CT molecular complexity index is 2990. The number of hydrogen-bond donors (Lipinski definition) is 6. The average molecular weight is 990 g/mol. The number of fused-ring (bicyclic) bond motifs is 6. The number of rotatable bonds is 17. The number of nitrogens with zero attached hydrogens (tertiary/aromatic N) is 4. The van der Waals surface area contributed by atoms with Crippen LogP contribution in [0.2, 0.25) is 0 Å². The molecule has 3 aliphatic rings. The van der Waals surface area contributed by atoms with Crippen LogP contribution in [0.4, 0.5) is 0 Å². The maximum absolute atomic E-state index is 13.2. The number of aromatic amines is 1. The summed E-state index contributed by atoms with van der Waals surface area (Å²) in [5.74, 6) is -2.77. The van der Waals surface area contributed by atoms with E-state index in [1.165, 1.54) is 56.5 Å². The molecule has 0 aliphatic carbocycles. The van der Waals surface area contributed by atoms with E-state index in [2.05, 4.69) is 27.9 Å². The Morgan fingerprint density at radius 2 is 1.54 bits per heavy atom. The molecule has 0 amide bonds. The molecule has 4 aromatic rings. The zero-order valence-electron chi connectivity index (χ0n) is 32.8. The van der Waals surface area contributed by atoms with Crippen LogP contribution in [0, 0.1) is 6.92 Å². The van der Waals surface area contributed by atoms with E-state index >= 15 is 0 Å². The van der Waals surface area contributed by atoms with Crippen molar-refractivity contribution in [1.82, 2.24) is 9.55 Å². The molecule has 65 heavy (non-hydrogen) atoms.